The molecule has 0 aromatic carbocycles. The quantitative estimate of drug-likeness (QED) is 0.696. The largest absolute Gasteiger partial charge is 0.378 e. The highest BCUT2D eigenvalue weighted by Crippen LogP contribution is 2.23. The van der Waals surface area contributed by atoms with E-state index >= 15 is 0 Å². The third-order valence-electron chi connectivity index (χ3n) is 2.81. The van der Waals surface area contributed by atoms with E-state index in [9.17, 15) is 4.79 Å². The summed E-state index contributed by atoms with van der Waals surface area (Å²) in [5.41, 5.74) is 5.77. The highest BCUT2D eigenvalue weighted by atomic mass is 32.2. The van der Waals surface area contributed by atoms with Crippen LogP contribution in [-0.4, -0.2) is 42.7 Å². The number of nitrogens with one attached hydrogen (secondary N) is 1. The average Bonchev–Trinajstić information content (AvgIpc) is 2.22. The van der Waals surface area contributed by atoms with Crippen LogP contribution in [0, 0.1) is 0 Å². The highest BCUT2D eigenvalue weighted by molar-refractivity contribution is 7.98. The summed E-state index contributed by atoms with van der Waals surface area (Å²) >= 11 is 1.71. The van der Waals surface area contributed by atoms with Crippen molar-refractivity contribution in [2.24, 2.45) is 5.73 Å². The monoisotopic (exact) mass is 246 g/mol. The smallest absolute Gasteiger partial charge is 0.237 e. The van der Waals surface area contributed by atoms with Crippen molar-refractivity contribution in [1.82, 2.24) is 5.32 Å². The molecule has 0 aromatic heterocycles. The van der Waals surface area contributed by atoms with Crippen molar-refractivity contribution in [3.63, 3.8) is 0 Å². The number of nitrogens with two attached hydrogens (primary N) is 1. The first-order valence-corrected chi connectivity index (χ1v) is 7.23. The second kappa shape index (κ2) is 7.14. The Bertz CT molecular complexity index is 220. The fourth-order valence-corrected chi connectivity index (χ4v) is 2.23. The SMILES string of the molecule is CCOC1CC(NC(=O)[C@@H](N)CCSC)C1. The highest BCUT2D eigenvalue weighted by Gasteiger charge is 2.31. The van der Waals surface area contributed by atoms with Gasteiger partial charge in [-0.25, -0.2) is 0 Å². The summed E-state index contributed by atoms with van der Waals surface area (Å²) in [5.74, 6) is 0.912. The zero-order valence-electron chi connectivity index (χ0n) is 10.1. The lowest BCUT2D eigenvalue weighted by Crippen LogP contribution is -2.52. The summed E-state index contributed by atoms with van der Waals surface area (Å²) in [6, 6.07) is -0.0945. The van der Waals surface area contributed by atoms with Gasteiger partial charge in [-0.15, -0.1) is 0 Å². The fourth-order valence-electron chi connectivity index (χ4n) is 1.74. The topological polar surface area (TPSA) is 64.3 Å². The van der Waals surface area contributed by atoms with E-state index in [-0.39, 0.29) is 18.0 Å². The molecule has 1 atom stereocenters. The molecule has 1 fully saturated rings. The summed E-state index contributed by atoms with van der Waals surface area (Å²) in [6.45, 7) is 2.74. The number of ether oxygens (including phenoxy) is 1. The minimum atomic E-state index is -0.362. The van der Waals surface area contributed by atoms with E-state index in [4.69, 9.17) is 10.5 Å². The van der Waals surface area contributed by atoms with Crippen molar-refractivity contribution >= 4 is 17.7 Å². The van der Waals surface area contributed by atoms with Gasteiger partial charge in [-0.05, 0) is 38.2 Å². The van der Waals surface area contributed by atoms with Gasteiger partial charge in [0, 0.05) is 12.6 Å². The maximum atomic E-state index is 11.6. The van der Waals surface area contributed by atoms with Crippen molar-refractivity contribution < 1.29 is 9.53 Å². The van der Waals surface area contributed by atoms with Gasteiger partial charge in [0.25, 0.3) is 0 Å². The number of rotatable bonds is 7. The van der Waals surface area contributed by atoms with Crippen LogP contribution in [0.4, 0.5) is 0 Å². The van der Waals surface area contributed by atoms with Crippen LogP contribution in [0.15, 0.2) is 0 Å². The molecule has 1 amide bonds. The predicted molar refractivity (Wildman–Crippen MR) is 67.6 cm³/mol. The number of hydrogen-bond donors (Lipinski definition) is 2. The number of amides is 1. The van der Waals surface area contributed by atoms with Crippen molar-refractivity contribution in [3.8, 4) is 0 Å². The van der Waals surface area contributed by atoms with Gasteiger partial charge in [0.15, 0.2) is 0 Å². The van der Waals surface area contributed by atoms with Crippen LogP contribution in [0.5, 0.6) is 0 Å². The normalized spacial score (nSPS) is 25.9. The van der Waals surface area contributed by atoms with Crippen molar-refractivity contribution in [1.29, 1.82) is 0 Å². The van der Waals surface area contributed by atoms with Gasteiger partial charge in [0.1, 0.15) is 0 Å². The lowest BCUT2D eigenvalue weighted by atomic mass is 9.89. The van der Waals surface area contributed by atoms with Gasteiger partial charge >= 0.3 is 0 Å². The van der Waals surface area contributed by atoms with Crippen molar-refractivity contribution in [2.75, 3.05) is 18.6 Å². The molecule has 1 rings (SSSR count). The standard InChI is InChI=1S/C11H22N2O2S/c1-3-15-9-6-8(7-9)13-11(14)10(12)4-5-16-2/h8-10H,3-7,12H2,1-2H3,(H,13,14)/t8?,9?,10-/m0/s1. The van der Waals surface area contributed by atoms with E-state index < -0.39 is 0 Å². The van der Waals surface area contributed by atoms with E-state index in [1.165, 1.54) is 0 Å². The van der Waals surface area contributed by atoms with Crippen molar-refractivity contribution in [2.45, 2.75) is 44.4 Å². The minimum absolute atomic E-state index is 0.0194. The Kier molecular flexibility index (Phi) is 6.16. The van der Waals surface area contributed by atoms with Crippen LogP contribution in [0.3, 0.4) is 0 Å². The summed E-state index contributed by atoms with van der Waals surface area (Å²) in [6.07, 6.45) is 4.94. The zero-order chi connectivity index (χ0) is 12.0. The van der Waals surface area contributed by atoms with Gasteiger partial charge in [0.05, 0.1) is 12.1 Å². The second-order valence-electron chi connectivity index (χ2n) is 4.14. The Morgan fingerprint density at radius 2 is 2.31 bits per heavy atom. The third-order valence-corrected chi connectivity index (χ3v) is 3.46. The average molecular weight is 246 g/mol. The summed E-state index contributed by atoms with van der Waals surface area (Å²) in [5, 5.41) is 2.96. The molecule has 1 aliphatic rings. The first-order valence-electron chi connectivity index (χ1n) is 5.83. The van der Waals surface area contributed by atoms with Gasteiger partial charge in [-0.2, -0.15) is 11.8 Å². The molecule has 3 N–H and O–H groups in total. The van der Waals surface area contributed by atoms with Crippen LogP contribution in [-0.2, 0) is 9.53 Å². The number of carbonyl (C=O) groups excluding carboxylic acids is 1. The van der Waals surface area contributed by atoms with E-state index in [0.717, 1.165) is 31.6 Å². The van der Waals surface area contributed by atoms with E-state index in [1.54, 1.807) is 11.8 Å². The van der Waals surface area contributed by atoms with Gasteiger partial charge in [-0.1, -0.05) is 0 Å². The van der Waals surface area contributed by atoms with Gasteiger partial charge in [0.2, 0.25) is 5.91 Å². The molecule has 4 nitrogen and oxygen atoms in total. The Labute approximate surface area is 102 Å². The lowest BCUT2D eigenvalue weighted by molar-refractivity contribution is -0.125. The molecule has 0 saturated heterocycles. The second-order valence-corrected chi connectivity index (χ2v) is 5.13. The van der Waals surface area contributed by atoms with E-state index in [2.05, 4.69) is 5.32 Å². The van der Waals surface area contributed by atoms with Crippen molar-refractivity contribution in [3.05, 3.63) is 0 Å². The van der Waals surface area contributed by atoms with Crippen LogP contribution in [0.25, 0.3) is 0 Å². The Balaban J connectivity index is 2.11. The molecule has 94 valence electrons. The van der Waals surface area contributed by atoms with Crippen LogP contribution in [0.1, 0.15) is 26.2 Å². The fraction of sp³-hybridized carbons (Fsp3) is 0.909. The molecule has 0 spiro atoms. The van der Waals surface area contributed by atoms with E-state index in [1.807, 2.05) is 13.2 Å². The minimum Gasteiger partial charge on any atom is -0.378 e. The summed E-state index contributed by atoms with van der Waals surface area (Å²) in [7, 11) is 0. The molecule has 0 radical (unpaired) electrons. The molecular weight excluding hydrogens is 224 g/mol. The Morgan fingerprint density at radius 3 is 2.88 bits per heavy atom. The molecule has 0 heterocycles. The van der Waals surface area contributed by atoms with Gasteiger partial charge < -0.3 is 15.8 Å². The molecule has 0 aromatic rings. The molecule has 0 unspecified atom stereocenters. The first-order chi connectivity index (χ1) is 7.67. The maximum absolute atomic E-state index is 11.6. The lowest BCUT2D eigenvalue weighted by Gasteiger charge is -2.35. The number of thioether (sulfide) groups is 1. The van der Waals surface area contributed by atoms with E-state index in [0.29, 0.717) is 6.10 Å². The van der Waals surface area contributed by atoms with Crippen LogP contribution >= 0.6 is 11.8 Å². The summed E-state index contributed by atoms with van der Waals surface area (Å²) in [4.78, 5) is 11.6. The molecule has 16 heavy (non-hydrogen) atoms. The molecule has 5 heteroatoms. The Morgan fingerprint density at radius 1 is 1.62 bits per heavy atom. The molecule has 1 saturated carbocycles. The maximum Gasteiger partial charge on any atom is 0.237 e. The molecule has 0 bridgehead atoms. The van der Waals surface area contributed by atoms with Gasteiger partial charge in [-0.3, -0.25) is 4.79 Å². The molecule has 0 aliphatic heterocycles. The number of hydrogen-bond acceptors (Lipinski definition) is 4. The zero-order valence-corrected chi connectivity index (χ0v) is 10.9. The Hall–Kier alpha value is -0.260. The molecule has 1 aliphatic carbocycles. The summed E-state index contributed by atoms with van der Waals surface area (Å²) < 4.78 is 5.43. The molecular formula is C11H22N2O2S. The van der Waals surface area contributed by atoms with Crippen LogP contribution in [0.2, 0.25) is 0 Å². The predicted octanol–water partition coefficient (Wildman–Crippen LogP) is 0.751. The first kappa shape index (κ1) is 13.8. The van der Waals surface area contributed by atoms with Crippen LogP contribution < -0.4 is 11.1 Å². The third kappa shape index (κ3) is 4.31. The number of carbonyl (C=O) groups is 1.